The average molecular weight is 774 g/mol. The first kappa shape index (κ1) is 33.8. The lowest BCUT2D eigenvalue weighted by Crippen LogP contribution is -2.04. The normalized spacial score (nSPS) is 11.9. The molecule has 3 nitrogen and oxygen atoms in total. The molecule has 13 aromatic rings. The van der Waals surface area contributed by atoms with Crippen LogP contribution in [0.2, 0.25) is 0 Å². The molecule has 0 radical (unpaired) electrons. The molecule has 61 heavy (non-hydrogen) atoms. The van der Waals surface area contributed by atoms with Crippen molar-refractivity contribution >= 4 is 86.6 Å². The Kier molecular flexibility index (Phi) is 7.31. The SMILES string of the molecule is c1ccc(-c2ccc(-c3nc(-n4c5c(-c6ccc7c8ccccc8c8ccccc8c7c6)c6ccccc6cc5c5ccc6ccccc6c54)nc4ccccc34)cc2)cc1. The van der Waals surface area contributed by atoms with Gasteiger partial charge in [-0.1, -0.05) is 194 Å². The number of rotatable bonds is 4. The van der Waals surface area contributed by atoms with E-state index in [2.05, 4.69) is 217 Å². The largest absolute Gasteiger partial charge is 0.277 e. The molecule has 0 saturated heterocycles. The maximum absolute atomic E-state index is 5.61. The van der Waals surface area contributed by atoms with E-state index in [1.807, 2.05) is 0 Å². The van der Waals surface area contributed by atoms with Gasteiger partial charge in [-0.2, -0.15) is 0 Å². The lowest BCUT2D eigenvalue weighted by molar-refractivity contribution is 1.02. The fourth-order valence-electron chi connectivity index (χ4n) is 9.99. The second-order valence-electron chi connectivity index (χ2n) is 16.1. The second-order valence-corrected chi connectivity index (χ2v) is 16.1. The molecular formula is C58H35N3. The average Bonchev–Trinajstić information content (AvgIpc) is 3.67. The van der Waals surface area contributed by atoms with Crippen LogP contribution in [0.1, 0.15) is 0 Å². The minimum Gasteiger partial charge on any atom is -0.277 e. The van der Waals surface area contributed by atoms with Crippen molar-refractivity contribution in [3.8, 4) is 39.5 Å². The van der Waals surface area contributed by atoms with Gasteiger partial charge in [0.05, 0.1) is 22.2 Å². The molecule has 0 atom stereocenters. The first-order chi connectivity index (χ1) is 30.3. The van der Waals surface area contributed by atoms with E-state index in [1.54, 1.807) is 0 Å². The van der Waals surface area contributed by atoms with E-state index < -0.39 is 0 Å². The van der Waals surface area contributed by atoms with Gasteiger partial charge in [-0.25, -0.2) is 9.97 Å². The Morgan fingerprint density at radius 1 is 0.279 bits per heavy atom. The molecule has 2 aromatic heterocycles. The van der Waals surface area contributed by atoms with Crippen LogP contribution >= 0.6 is 0 Å². The molecule has 11 aromatic carbocycles. The number of hydrogen-bond acceptors (Lipinski definition) is 2. The van der Waals surface area contributed by atoms with Crippen LogP contribution in [0.25, 0.3) is 126 Å². The third kappa shape index (κ3) is 5.11. The zero-order valence-corrected chi connectivity index (χ0v) is 33.0. The van der Waals surface area contributed by atoms with E-state index in [4.69, 9.17) is 9.97 Å². The van der Waals surface area contributed by atoms with E-state index in [0.29, 0.717) is 5.95 Å². The van der Waals surface area contributed by atoms with Crippen LogP contribution in [0, 0.1) is 0 Å². The summed E-state index contributed by atoms with van der Waals surface area (Å²) in [7, 11) is 0. The van der Waals surface area contributed by atoms with Crippen molar-refractivity contribution < 1.29 is 0 Å². The van der Waals surface area contributed by atoms with E-state index in [-0.39, 0.29) is 0 Å². The highest BCUT2D eigenvalue weighted by Gasteiger charge is 2.24. The summed E-state index contributed by atoms with van der Waals surface area (Å²) < 4.78 is 2.37. The third-order valence-corrected chi connectivity index (χ3v) is 12.7. The Hall–Kier alpha value is -8.14. The topological polar surface area (TPSA) is 30.7 Å². The molecule has 0 unspecified atom stereocenters. The summed E-state index contributed by atoms with van der Waals surface area (Å²) in [5.41, 5.74) is 9.72. The fraction of sp³-hybridized carbons (Fsp3) is 0. The molecule has 3 heteroatoms. The molecule has 0 aliphatic rings. The van der Waals surface area contributed by atoms with Gasteiger partial charge >= 0.3 is 0 Å². The minimum atomic E-state index is 0.644. The fourth-order valence-corrected chi connectivity index (χ4v) is 9.99. The van der Waals surface area contributed by atoms with Crippen LogP contribution in [-0.4, -0.2) is 14.5 Å². The van der Waals surface area contributed by atoms with Gasteiger partial charge in [0.1, 0.15) is 0 Å². The van der Waals surface area contributed by atoms with Gasteiger partial charge in [-0.3, -0.25) is 4.57 Å². The van der Waals surface area contributed by atoms with Gasteiger partial charge in [0, 0.05) is 32.7 Å². The number of benzene rings is 11. The van der Waals surface area contributed by atoms with Gasteiger partial charge in [-0.05, 0) is 83.4 Å². The number of hydrogen-bond donors (Lipinski definition) is 0. The van der Waals surface area contributed by atoms with E-state index in [1.165, 1.54) is 70.4 Å². The molecular weight excluding hydrogens is 739 g/mol. The van der Waals surface area contributed by atoms with Gasteiger partial charge in [-0.15, -0.1) is 0 Å². The van der Waals surface area contributed by atoms with Crippen LogP contribution in [0.4, 0.5) is 0 Å². The van der Waals surface area contributed by atoms with Crippen molar-refractivity contribution in [3.05, 3.63) is 212 Å². The van der Waals surface area contributed by atoms with Crippen LogP contribution in [-0.2, 0) is 0 Å². The standard InChI is InChI=1S/C58H35N3/c1-2-14-36(15-3-1)37-26-28-39(29-27-37)55-50-24-12-13-25-53(50)59-58(60-55)61-56-43-19-7-4-16-38(43)30-33-49(56)52-34-40-17-5-6-18-42(40)54(57(52)61)41-31-32-48-46-22-9-8-20-44(46)45-21-10-11-23-47(45)51(48)35-41/h1-35H. The molecule has 0 saturated carbocycles. The summed E-state index contributed by atoms with van der Waals surface area (Å²) in [6.45, 7) is 0. The summed E-state index contributed by atoms with van der Waals surface area (Å²) in [5, 5.41) is 15.6. The summed E-state index contributed by atoms with van der Waals surface area (Å²) in [6.07, 6.45) is 0. The van der Waals surface area contributed by atoms with Crippen molar-refractivity contribution in [1.82, 2.24) is 14.5 Å². The highest BCUT2D eigenvalue weighted by molar-refractivity contribution is 6.28. The van der Waals surface area contributed by atoms with Gasteiger partial charge < -0.3 is 0 Å². The summed E-state index contributed by atoms with van der Waals surface area (Å²) in [4.78, 5) is 11.1. The molecule has 0 aliphatic heterocycles. The lowest BCUT2D eigenvalue weighted by Gasteiger charge is -2.17. The summed E-state index contributed by atoms with van der Waals surface area (Å²) >= 11 is 0. The van der Waals surface area contributed by atoms with Crippen molar-refractivity contribution in [2.75, 3.05) is 0 Å². The van der Waals surface area contributed by atoms with Crippen LogP contribution in [0.5, 0.6) is 0 Å². The molecule has 0 spiro atoms. The van der Waals surface area contributed by atoms with Crippen molar-refractivity contribution in [3.63, 3.8) is 0 Å². The first-order valence-electron chi connectivity index (χ1n) is 20.9. The van der Waals surface area contributed by atoms with E-state index in [9.17, 15) is 0 Å². The highest BCUT2D eigenvalue weighted by Crippen LogP contribution is 2.46. The van der Waals surface area contributed by atoms with Crippen LogP contribution < -0.4 is 0 Å². The Morgan fingerprint density at radius 2 is 0.803 bits per heavy atom. The van der Waals surface area contributed by atoms with Gasteiger partial charge in [0.2, 0.25) is 5.95 Å². The first-order valence-corrected chi connectivity index (χ1v) is 20.9. The van der Waals surface area contributed by atoms with Crippen LogP contribution in [0.3, 0.4) is 0 Å². The molecule has 13 rings (SSSR count). The Balaban J connectivity index is 1.17. The number of nitrogens with zero attached hydrogens (tertiary/aromatic N) is 3. The van der Waals surface area contributed by atoms with Crippen molar-refractivity contribution in [1.29, 1.82) is 0 Å². The molecule has 0 aliphatic carbocycles. The predicted molar refractivity (Wildman–Crippen MR) is 258 cm³/mol. The van der Waals surface area contributed by atoms with E-state index >= 15 is 0 Å². The van der Waals surface area contributed by atoms with Gasteiger partial charge in [0.25, 0.3) is 0 Å². The Bertz CT molecular complexity index is 3880. The lowest BCUT2D eigenvalue weighted by atomic mass is 9.90. The second kappa shape index (κ2) is 13.2. The van der Waals surface area contributed by atoms with Crippen molar-refractivity contribution in [2.24, 2.45) is 0 Å². The third-order valence-electron chi connectivity index (χ3n) is 12.7. The molecule has 282 valence electrons. The maximum atomic E-state index is 5.61. The molecule has 0 N–H and O–H groups in total. The summed E-state index contributed by atoms with van der Waals surface area (Å²) in [6, 6.07) is 76.9. The number of aromatic nitrogens is 3. The number of fused-ring (bicyclic) bond motifs is 13. The predicted octanol–water partition coefficient (Wildman–Crippen LogP) is 15.5. The Labute approximate surface area is 351 Å². The van der Waals surface area contributed by atoms with Crippen LogP contribution in [0.15, 0.2) is 212 Å². The van der Waals surface area contributed by atoms with Crippen molar-refractivity contribution in [2.45, 2.75) is 0 Å². The zero-order valence-electron chi connectivity index (χ0n) is 33.0. The zero-order chi connectivity index (χ0) is 40.0. The van der Waals surface area contributed by atoms with Gasteiger partial charge in [0.15, 0.2) is 0 Å². The molecule has 0 amide bonds. The highest BCUT2D eigenvalue weighted by atomic mass is 15.2. The monoisotopic (exact) mass is 773 g/mol. The number of para-hydroxylation sites is 1. The quantitative estimate of drug-likeness (QED) is 0.167. The summed E-state index contributed by atoms with van der Waals surface area (Å²) in [5.74, 6) is 0.644. The molecule has 2 heterocycles. The maximum Gasteiger partial charge on any atom is 0.235 e. The smallest absolute Gasteiger partial charge is 0.235 e. The molecule has 0 bridgehead atoms. The minimum absolute atomic E-state index is 0.644. The molecule has 0 fully saturated rings. The Morgan fingerprint density at radius 3 is 1.54 bits per heavy atom. The van der Waals surface area contributed by atoms with E-state index in [0.717, 1.165) is 49.7 Å².